The van der Waals surface area contributed by atoms with Gasteiger partial charge in [-0.15, -0.1) is 0 Å². The maximum atomic E-state index is 5.94. The van der Waals surface area contributed by atoms with Crippen LogP contribution in [0.1, 0.15) is 48.9 Å². The molecule has 0 amide bonds. The quantitative estimate of drug-likeness (QED) is 0.316. The number of guanidine groups is 1. The Hall–Kier alpha value is -2.38. The Bertz CT molecular complexity index is 773. The maximum absolute atomic E-state index is 5.94. The molecule has 2 N–H and O–H groups in total. The standard InChI is InChI=1S/C23H37N5O2/c1-6-24-23(25-13-10-15-30-20(4)21-11-8-7-9-12-21)26-17-22-18(2)27-28(19(22)3)14-16-29-5/h7-9,11-12,20H,6,10,13-17H2,1-5H3,(H2,24,25,26). The highest BCUT2D eigenvalue weighted by Crippen LogP contribution is 2.16. The first-order chi connectivity index (χ1) is 14.6. The Morgan fingerprint density at radius 2 is 1.93 bits per heavy atom. The van der Waals surface area contributed by atoms with E-state index in [0.717, 1.165) is 43.4 Å². The molecule has 2 rings (SSSR count). The molecule has 0 saturated heterocycles. The van der Waals surface area contributed by atoms with Crippen LogP contribution in [-0.4, -0.2) is 49.2 Å². The zero-order chi connectivity index (χ0) is 21.8. The summed E-state index contributed by atoms with van der Waals surface area (Å²) in [4.78, 5) is 4.75. The predicted octanol–water partition coefficient (Wildman–Crippen LogP) is 3.37. The number of rotatable bonds is 12. The molecule has 1 atom stereocenters. The summed E-state index contributed by atoms with van der Waals surface area (Å²) in [6, 6.07) is 10.3. The number of methoxy groups -OCH3 is 1. The number of hydrogen-bond donors (Lipinski definition) is 2. The first-order valence-corrected chi connectivity index (χ1v) is 10.8. The van der Waals surface area contributed by atoms with Gasteiger partial charge in [-0.25, -0.2) is 4.99 Å². The molecule has 0 bridgehead atoms. The van der Waals surface area contributed by atoms with E-state index < -0.39 is 0 Å². The van der Waals surface area contributed by atoms with Gasteiger partial charge in [0.15, 0.2) is 5.96 Å². The van der Waals surface area contributed by atoms with Gasteiger partial charge in [-0.1, -0.05) is 30.3 Å². The molecule has 1 heterocycles. The van der Waals surface area contributed by atoms with Crippen molar-refractivity contribution in [2.75, 3.05) is 33.4 Å². The molecule has 1 unspecified atom stereocenters. The minimum absolute atomic E-state index is 0.105. The van der Waals surface area contributed by atoms with Crippen LogP contribution in [0.15, 0.2) is 35.3 Å². The van der Waals surface area contributed by atoms with Gasteiger partial charge >= 0.3 is 0 Å². The van der Waals surface area contributed by atoms with Crippen molar-refractivity contribution in [1.29, 1.82) is 0 Å². The Labute approximate surface area is 180 Å². The van der Waals surface area contributed by atoms with Gasteiger partial charge in [-0.3, -0.25) is 4.68 Å². The second-order valence-electron chi connectivity index (χ2n) is 7.26. The number of nitrogens with one attached hydrogen (secondary N) is 2. The van der Waals surface area contributed by atoms with E-state index >= 15 is 0 Å². The van der Waals surface area contributed by atoms with Crippen LogP contribution in [0.25, 0.3) is 0 Å². The van der Waals surface area contributed by atoms with Crippen LogP contribution in [-0.2, 0) is 22.6 Å². The van der Waals surface area contributed by atoms with E-state index in [9.17, 15) is 0 Å². The lowest BCUT2D eigenvalue weighted by Crippen LogP contribution is -2.38. The van der Waals surface area contributed by atoms with Crippen molar-refractivity contribution in [3.8, 4) is 0 Å². The second-order valence-corrected chi connectivity index (χ2v) is 7.26. The third-order valence-electron chi connectivity index (χ3n) is 5.03. The third-order valence-corrected chi connectivity index (χ3v) is 5.03. The molecule has 7 nitrogen and oxygen atoms in total. The lowest BCUT2D eigenvalue weighted by Gasteiger charge is -2.14. The molecule has 0 aliphatic rings. The van der Waals surface area contributed by atoms with Gasteiger partial charge in [0.2, 0.25) is 0 Å². The van der Waals surface area contributed by atoms with Crippen molar-refractivity contribution in [1.82, 2.24) is 20.4 Å². The van der Waals surface area contributed by atoms with Crippen molar-refractivity contribution in [3.63, 3.8) is 0 Å². The molecular weight excluding hydrogens is 378 g/mol. The fourth-order valence-corrected chi connectivity index (χ4v) is 3.22. The topological polar surface area (TPSA) is 72.7 Å². The minimum atomic E-state index is 0.105. The van der Waals surface area contributed by atoms with Gasteiger partial charge in [0.25, 0.3) is 0 Å². The first-order valence-electron chi connectivity index (χ1n) is 10.8. The van der Waals surface area contributed by atoms with Crippen molar-refractivity contribution >= 4 is 5.96 Å². The van der Waals surface area contributed by atoms with Crippen LogP contribution in [0.3, 0.4) is 0 Å². The van der Waals surface area contributed by atoms with E-state index in [0.29, 0.717) is 19.8 Å². The molecule has 0 radical (unpaired) electrons. The van der Waals surface area contributed by atoms with Crippen LogP contribution >= 0.6 is 0 Å². The van der Waals surface area contributed by atoms with Gasteiger partial charge in [-0.05, 0) is 39.7 Å². The number of aliphatic imine (C=N–C) groups is 1. The lowest BCUT2D eigenvalue weighted by molar-refractivity contribution is 0.0646. The largest absolute Gasteiger partial charge is 0.383 e. The number of aryl methyl sites for hydroxylation is 1. The van der Waals surface area contributed by atoms with Gasteiger partial charge in [-0.2, -0.15) is 5.10 Å². The van der Waals surface area contributed by atoms with Crippen molar-refractivity contribution in [3.05, 3.63) is 52.8 Å². The maximum Gasteiger partial charge on any atom is 0.191 e. The molecule has 30 heavy (non-hydrogen) atoms. The zero-order valence-electron chi connectivity index (χ0n) is 19.1. The average molecular weight is 416 g/mol. The SMILES string of the molecule is CCNC(=NCc1c(C)nn(CCOC)c1C)NCCCOC(C)c1ccccc1. The Morgan fingerprint density at radius 3 is 2.63 bits per heavy atom. The minimum Gasteiger partial charge on any atom is -0.383 e. The van der Waals surface area contributed by atoms with Gasteiger partial charge in [0.1, 0.15) is 0 Å². The van der Waals surface area contributed by atoms with E-state index in [4.69, 9.17) is 14.5 Å². The molecule has 0 aliphatic heterocycles. The molecular formula is C23H37N5O2. The summed E-state index contributed by atoms with van der Waals surface area (Å²) in [5, 5.41) is 11.3. The van der Waals surface area contributed by atoms with Gasteiger partial charge < -0.3 is 20.1 Å². The summed E-state index contributed by atoms with van der Waals surface area (Å²) in [5.41, 5.74) is 4.54. The summed E-state index contributed by atoms with van der Waals surface area (Å²) in [7, 11) is 1.71. The number of hydrogen-bond acceptors (Lipinski definition) is 4. The molecule has 1 aromatic heterocycles. The number of ether oxygens (including phenoxy) is 2. The molecule has 0 saturated carbocycles. The smallest absolute Gasteiger partial charge is 0.191 e. The van der Waals surface area contributed by atoms with Crippen LogP contribution in [0.5, 0.6) is 0 Å². The summed E-state index contributed by atoms with van der Waals surface area (Å²) in [5.74, 6) is 0.817. The van der Waals surface area contributed by atoms with Gasteiger partial charge in [0.05, 0.1) is 31.5 Å². The van der Waals surface area contributed by atoms with Crippen LogP contribution in [0, 0.1) is 13.8 Å². The molecule has 0 spiro atoms. The van der Waals surface area contributed by atoms with E-state index in [2.05, 4.69) is 48.6 Å². The molecule has 0 fully saturated rings. The monoisotopic (exact) mass is 415 g/mol. The van der Waals surface area contributed by atoms with Crippen LogP contribution < -0.4 is 10.6 Å². The third kappa shape index (κ3) is 7.46. The van der Waals surface area contributed by atoms with Crippen LogP contribution in [0.2, 0.25) is 0 Å². The van der Waals surface area contributed by atoms with Crippen molar-refractivity contribution < 1.29 is 9.47 Å². The number of nitrogens with zero attached hydrogens (tertiary/aromatic N) is 3. The first kappa shape index (κ1) is 23.9. The van der Waals surface area contributed by atoms with Crippen LogP contribution in [0.4, 0.5) is 0 Å². The van der Waals surface area contributed by atoms with E-state index in [-0.39, 0.29) is 6.10 Å². The fraction of sp³-hybridized carbons (Fsp3) is 0.565. The van der Waals surface area contributed by atoms with Crippen molar-refractivity contribution in [2.45, 2.75) is 53.3 Å². The highest BCUT2D eigenvalue weighted by atomic mass is 16.5. The second kappa shape index (κ2) is 13.0. The summed E-state index contributed by atoms with van der Waals surface area (Å²) in [6.45, 7) is 12.6. The molecule has 7 heteroatoms. The Kier molecular flexibility index (Phi) is 10.4. The van der Waals surface area contributed by atoms with Gasteiger partial charge in [0, 0.05) is 38.1 Å². The summed E-state index contributed by atoms with van der Waals surface area (Å²) in [6.07, 6.45) is 1.02. The van der Waals surface area contributed by atoms with E-state index in [1.54, 1.807) is 7.11 Å². The normalized spacial score (nSPS) is 12.8. The summed E-state index contributed by atoms with van der Waals surface area (Å²) >= 11 is 0. The highest BCUT2D eigenvalue weighted by Gasteiger charge is 2.11. The molecule has 1 aromatic carbocycles. The highest BCUT2D eigenvalue weighted by molar-refractivity contribution is 5.79. The van der Waals surface area contributed by atoms with E-state index in [1.165, 1.54) is 11.1 Å². The summed E-state index contributed by atoms with van der Waals surface area (Å²) < 4.78 is 13.1. The molecule has 0 aliphatic carbocycles. The predicted molar refractivity (Wildman–Crippen MR) is 122 cm³/mol. The Balaban J connectivity index is 1.81. The molecule has 2 aromatic rings. The fourth-order valence-electron chi connectivity index (χ4n) is 3.22. The Morgan fingerprint density at radius 1 is 1.17 bits per heavy atom. The van der Waals surface area contributed by atoms with Crippen molar-refractivity contribution in [2.24, 2.45) is 4.99 Å². The number of benzene rings is 1. The number of aromatic nitrogens is 2. The zero-order valence-corrected chi connectivity index (χ0v) is 19.1. The van der Waals surface area contributed by atoms with E-state index in [1.807, 2.05) is 29.8 Å². The average Bonchev–Trinajstić information content (AvgIpc) is 3.03. The lowest BCUT2D eigenvalue weighted by atomic mass is 10.1. The molecule has 166 valence electrons.